The smallest absolute Gasteiger partial charge is 0.138 e. The van der Waals surface area contributed by atoms with E-state index in [1.807, 2.05) is 0 Å². The summed E-state index contributed by atoms with van der Waals surface area (Å²) in [5.74, 6) is 0. The van der Waals surface area contributed by atoms with Gasteiger partial charge in [-0.15, -0.1) is 0 Å². The van der Waals surface area contributed by atoms with Crippen LogP contribution < -0.4 is 9.80 Å². The maximum atomic E-state index is 6.92. The number of furan rings is 2. The second-order valence-electron chi connectivity index (χ2n) is 15.7. The van der Waals surface area contributed by atoms with Crippen molar-refractivity contribution in [1.29, 1.82) is 0 Å². The van der Waals surface area contributed by atoms with Gasteiger partial charge in [0.15, 0.2) is 0 Å². The number of anilines is 6. The molecule has 0 saturated heterocycles. The number of rotatable bonds is 6. The molecule has 4 nitrogen and oxygen atoms in total. The Kier molecular flexibility index (Phi) is 7.70. The summed E-state index contributed by atoms with van der Waals surface area (Å²) in [4.78, 5) is 4.68. The Morgan fingerprint density at radius 2 is 0.586 bits per heavy atom. The third-order valence-corrected chi connectivity index (χ3v) is 11.7. The molecular formula is C54H40N2O2. The Labute approximate surface area is 336 Å². The average Bonchev–Trinajstić information content (AvgIpc) is 3.80. The first-order valence-electron chi connectivity index (χ1n) is 19.9. The van der Waals surface area contributed by atoms with Gasteiger partial charge in [0.25, 0.3) is 0 Å². The van der Waals surface area contributed by atoms with Gasteiger partial charge in [-0.3, -0.25) is 0 Å². The summed E-state index contributed by atoms with van der Waals surface area (Å²) < 4.78 is 13.8. The molecule has 4 heteroatoms. The lowest BCUT2D eigenvalue weighted by molar-refractivity contribution is 0.664. The lowest BCUT2D eigenvalue weighted by Gasteiger charge is -2.27. The van der Waals surface area contributed by atoms with Crippen molar-refractivity contribution in [3.63, 3.8) is 0 Å². The minimum absolute atomic E-state index is 0.832. The van der Waals surface area contributed by atoms with Crippen molar-refractivity contribution in [2.45, 2.75) is 27.7 Å². The van der Waals surface area contributed by atoms with Crippen molar-refractivity contribution < 1.29 is 8.83 Å². The molecule has 0 aliphatic rings. The molecule has 2 aromatic heterocycles. The number of benzene rings is 9. The highest BCUT2D eigenvalue weighted by Crippen LogP contribution is 2.48. The van der Waals surface area contributed by atoms with Crippen LogP contribution in [0.5, 0.6) is 0 Å². The Hall–Kier alpha value is -7.30. The molecule has 0 aliphatic carbocycles. The zero-order chi connectivity index (χ0) is 39.1. The Morgan fingerprint density at radius 1 is 0.293 bits per heavy atom. The van der Waals surface area contributed by atoms with Crippen LogP contribution in [0, 0.1) is 27.7 Å². The van der Waals surface area contributed by atoms with Gasteiger partial charge in [0, 0.05) is 67.2 Å². The van der Waals surface area contributed by atoms with E-state index in [4.69, 9.17) is 8.83 Å². The number of fused-ring (bicyclic) bond motifs is 10. The summed E-state index contributed by atoms with van der Waals surface area (Å²) in [6, 6.07) is 61.1. The van der Waals surface area contributed by atoms with Gasteiger partial charge < -0.3 is 18.6 Å². The molecule has 11 aromatic rings. The lowest BCUT2D eigenvalue weighted by atomic mass is 9.98. The van der Waals surface area contributed by atoms with Crippen LogP contribution in [0.15, 0.2) is 179 Å². The fourth-order valence-corrected chi connectivity index (χ4v) is 8.74. The predicted molar refractivity (Wildman–Crippen MR) is 244 cm³/mol. The molecule has 0 radical (unpaired) electrons. The average molecular weight is 749 g/mol. The molecule has 278 valence electrons. The van der Waals surface area contributed by atoms with E-state index < -0.39 is 0 Å². The minimum Gasteiger partial charge on any atom is -0.456 e. The number of nitrogens with zero attached hydrogens (tertiary/aromatic N) is 2. The zero-order valence-electron chi connectivity index (χ0n) is 32.9. The van der Waals surface area contributed by atoms with Crippen molar-refractivity contribution in [1.82, 2.24) is 0 Å². The molecule has 11 rings (SSSR count). The van der Waals surface area contributed by atoms with E-state index in [-0.39, 0.29) is 0 Å². The quantitative estimate of drug-likeness (QED) is 0.170. The van der Waals surface area contributed by atoms with E-state index in [2.05, 4.69) is 207 Å². The van der Waals surface area contributed by atoms with Crippen LogP contribution in [-0.2, 0) is 0 Å². The Morgan fingerprint density at radius 3 is 0.897 bits per heavy atom. The predicted octanol–water partition coefficient (Wildman–Crippen LogP) is 16.0. The molecule has 0 atom stereocenters. The number of aryl methyl sites for hydroxylation is 4. The zero-order valence-corrected chi connectivity index (χ0v) is 32.9. The summed E-state index contributed by atoms with van der Waals surface area (Å²) in [7, 11) is 0. The highest BCUT2D eigenvalue weighted by Gasteiger charge is 2.24. The molecule has 2 heterocycles. The first kappa shape index (κ1) is 34.0. The van der Waals surface area contributed by atoms with Gasteiger partial charge in [-0.05, 0) is 99.1 Å². The van der Waals surface area contributed by atoms with Crippen molar-refractivity contribution >= 4 is 99.5 Å². The van der Waals surface area contributed by atoms with Crippen molar-refractivity contribution in [2.75, 3.05) is 9.80 Å². The van der Waals surface area contributed by atoms with Crippen molar-refractivity contribution in [3.8, 4) is 0 Å². The van der Waals surface area contributed by atoms with Crippen LogP contribution in [0.1, 0.15) is 22.3 Å². The summed E-state index contributed by atoms with van der Waals surface area (Å²) in [6.07, 6.45) is 0. The van der Waals surface area contributed by atoms with Crippen LogP contribution >= 0.6 is 0 Å². The highest BCUT2D eigenvalue weighted by atomic mass is 16.3. The fraction of sp³-hybridized carbons (Fsp3) is 0.0741. The van der Waals surface area contributed by atoms with Gasteiger partial charge in [-0.1, -0.05) is 119 Å². The SMILES string of the molecule is Cc1ccc(N(c2ccc(C)cc2)c2cc3oc4cc5c(cc4c3c3ccccc23)oc2cc(N(c3ccc(C)cc3)c3ccc(C)cc3)c3ccccc3c25)cc1. The van der Waals surface area contributed by atoms with Crippen LogP contribution in [0.3, 0.4) is 0 Å². The first-order valence-corrected chi connectivity index (χ1v) is 19.9. The second kappa shape index (κ2) is 13.1. The van der Waals surface area contributed by atoms with E-state index in [0.717, 1.165) is 99.5 Å². The molecule has 0 bridgehead atoms. The standard InChI is InChI=1S/C54H40N2O2/c1-33-13-21-37(22-14-33)55(38-23-15-34(2)16-24-38)47-31-51-53(43-11-7-5-9-41(43)47)45-29-50-46(30-49(45)57-51)54-44-12-8-6-10-42(44)48(32-52(54)58-50)56(39-25-17-35(3)18-26-39)40-27-19-36(4)20-28-40/h5-32H,1-4H3. The van der Waals surface area contributed by atoms with Gasteiger partial charge in [0.1, 0.15) is 22.3 Å². The molecule has 0 amide bonds. The summed E-state index contributed by atoms with van der Waals surface area (Å²) >= 11 is 0. The molecule has 0 spiro atoms. The fourth-order valence-electron chi connectivity index (χ4n) is 8.74. The molecule has 0 saturated carbocycles. The molecule has 0 unspecified atom stereocenters. The molecule has 58 heavy (non-hydrogen) atoms. The minimum atomic E-state index is 0.832. The van der Waals surface area contributed by atoms with Crippen LogP contribution in [0.4, 0.5) is 34.1 Å². The summed E-state index contributed by atoms with van der Waals surface area (Å²) in [6.45, 7) is 8.51. The Bertz CT molecular complexity index is 3040. The van der Waals surface area contributed by atoms with Crippen molar-refractivity contribution in [3.05, 3.63) is 192 Å². The van der Waals surface area contributed by atoms with E-state index in [9.17, 15) is 0 Å². The third kappa shape index (κ3) is 5.44. The molecule has 0 fully saturated rings. The van der Waals surface area contributed by atoms with Gasteiger partial charge in [-0.25, -0.2) is 0 Å². The van der Waals surface area contributed by atoms with Crippen LogP contribution in [0.25, 0.3) is 65.4 Å². The van der Waals surface area contributed by atoms with E-state index in [0.29, 0.717) is 0 Å². The van der Waals surface area contributed by atoms with Gasteiger partial charge in [0.2, 0.25) is 0 Å². The van der Waals surface area contributed by atoms with Crippen LogP contribution in [0.2, 0.25) is 0 Å². The number of hydrogen-bond donors (Lipinski definition) is 0. The van der Waals surface area contributed by atoms with E-state index in [1.165, 1.54) is 22.3 Å². The summed E-state index contributed by atoms with van der Waals surface area (Å²) in [5, 5.41) is 8.79. The van der Waals surface area contributed by atoms with Crippen LogP contribution in [-0.4, -0.2) is 0 Å². The number of hydrogen-bond acceptors (Lipinski definition) is 4. The van der Waals surface area contributed by atoms with Gasteiger partial charge in [0.05, 0.1) is 11.4 Å². The summed E-state index contributed by atoms with van der Waals surface area (Å²) in [5.41, 5.74) is 14.7. The van der Waals surface area contributed by atoms with E-state index >= 15 is 0 Å². The monoisotopic (exact) mass is 748 g/mol. The largest absolute Gasteiger partial charge is 0.456 e. The first-order chi connectivity index (χ1) is 28.4. The third-order valence-electron chi connectivity index (χ3n) is 11.7. The van der Waals surface area contributed by atoms with Gasteiger partial charge in [-0.2, -0.15) is 0 Å². The lowest BCUT2D eigenvalue weighted by Crippen LogP contribution is -2.10. The second-order valence-corrected chi connectivity index (χ2v) is 15.7. The molecule has 0 aliphatic heterocycles. The molecular weight excluding hydrogens is 709 g/mol. The Balaban J connectivity index is 1.15. The molecule has 9 aromatic carbocycles. The topological polar surface area (TPSA) is 32.8 Å². The maximum absolute atomic E-state index is 6.92. The van der Waals surface area contributed by atoms with E-state index in [1.54, 1.807) is 0 Å². The highest BCUT2D eigenvalue weighted by molar-refractivity contribution is 6.27. The molecule has 0 N–H and O–H groups in total. The normalized spacial score (nSPS) is 11.8. The maximum Gasteiger partial charge on any atom is 0.138 e. The van der Waals surface area contributed by atoms with Gasteiger partial charge >= 0.3 is 0 Å². The van der Waals surface area contributed by atoms with Crippen molar-refractivity contribution in [2.24, 2.45) is 0 Å².